The highest BCUT2D eigenvalue weighted by Crippen LogP contribution is 2.19. The predicted molar refractivity (Wildman–Crippen MR) is 96.3 cm³/mol. The number of quaternary nitrogens is 1. The van der Waals surface area contributed by atoms with E-state index in [4.69, 9.17) is 28.9 Å². The van der Waals surface area contributed by atoms with Gasteiger partial charge in [-0.2, -0.15) is 4.68 Å². The van der Waals surface area contributed by atoms with Crippen LogP contribution in [0, 0.1) is 4.77 Å². The summed E-state index contributed by atoms with van der Waals surface area (Å²) in [5.41, 5.74) is 1.05. The second kappa shape index (κ2) is 7.60. The molecular weight excluding hydrogens is 328 g/mol. The van der Waals surface area contributed by atoms with E-state index in [9.17, 15) is 0 Å². The average molecular weight is 352 g/mol. The first-order chi connectivity index (χ1) is 11.1. The summed E-state index contributed by atoms with van der Waals surface area (Å²) in [5.74, 6) is 0.901. The van der Waals surface area contributed by atoms with Crippen molar-refractivity contribution < 1.29 is 4.90 Å². The Bertz CT molecular complexity index is 696. The monoisotopic (exact) mass is 351 g/mol. The molecule has 1 saturated heterocycles. The van der Waals surface area contributed by atoms with Crippen molar-refractivity contribution in [1.29, 1.82) is 0 Å². The fourth-order valence-electron chi connectivity index (χ4n) is 3.22. The third-order valence-corrected chi connectivity index (χ3v) is 5.31. The van der Waals surface area contributed by atoms with Crippen LogP contribution in [0.15, 0.2) is 24.3 Å². The first-order valence-corrected chi connectivity index (χ1v) is 9.17. The summed E-state index contributed by atoms with van der Waals surface area (Å²) in [7, 11) is 1.98. The number of likely N-dealkylation sites (tertiary alicyclic amines) is 1. The van der Waals surface area contributed by atoms with Gasteiger partial charge in [0.1, 0.15) is 0 Å². The van der Waals surface area contributed by atoms with Crippen molar-refractivity contribution in [3.05, 3.63) is 34.1 Å². The molecule has 1 aromatic heterocycles. The minimum Gasteiger partial charge on any atom is -0.316 e. The fourth-order valence-corrected chi connectivity index (χ4v) is 3.53. The van der Waals surface area contributed by atoms with Gasteiger partial charge >= 0.3 is 0 Å². The molecule has 124 valence electrons. The van der Waals surface area contributed by atoms with Crippen LogP contribution in [0.25, 0.3) is 11.4 Å². The Hall–Kier alpha value is -1.17. The molecule has 23 heavy (non-hydrogen) atoms. The van der Waals surface area contributed by atoms with E-state index < -0.39 is 0 Å². The lowest BCUT2D eigenvalue weighted by Crippen LogP contribution is -3.11. The molecule has 2 aromatic rings. The minimum absolute atomic E-state index is 0.736. The van der Waals surface area contributed by atoms with E-state index in [1.54, 1.807) is 4.90 Å². The zero-order valence-corrected chi connectivity index (χ0v) is 15.2. The Kier molecular flexibility index (Phi) is 5.51. The van der Waals surface area contributed by atoms with E-state index >= 15 is 0 Å². The average Bonchev–Trinajstić information content (AvgIpc) is 2.79. The van der Waals surface area contributed by atoms with Crippen LogP contribution in [-0.2, 0) is 13.7 Å². The number of nitrogens with one attached hydrogen (secondary N) is 1. The summed E-state index contributed by atoms with van der Waals surface area (Å²) in [4.78, 5) is 1.58. The van der Waals surface area contributed by atoms with Crippen LogP contribution in [0.2, 0.25) is 5.02 Å². The summed E-state index contributed by atoms with van der Waals surface area (Å²) in [6.45, 7) is 3.30. The third kappa shape index (κ3) is 4.03. The van der Waals surface area contributed by atoms with Gasteiger partial charge in [0.2, 0.25) is 4.77 Å². The molecule has 2 heterocycles. The Morgan fingerprint density at radius 3 is 2.35 bits per heavy atom. The summed E-state index contributed by atoms with van der Waals surface area (Å²) in [6.07, 6.45) is 6.70. The normalized spacial score (nSPS) is 17.0. The Morgan fingerprint density at radius 2 is 1.70 bits per heavy atom. The molecule has 0 spiro atoms. The lowest BCUT2D eigenvalue weighted by Gasteiger charge is -2.21. The number of benzene rings is 1. The van der Waals surface area contributed by atoms with Gasteiger partial charge in [-0.3, -0.25) is 0 Å². The highest BCUT2D eigenvalue weighted by molar-refractivity contribution is 7.71. The van der Waals surface area contributed by atoms with Crippen molar-refractivity contribution in [2.24, 2.45) is 7.05 Å². The number of hydrogen-bond donors (Lipinski definition) is 1. The van der Waals surface area contributed by atoms with E-state index in [0.29, 0.717) is 0 Å². The Morgan fingerprint density at radius 1 is 1.09 bits per heavy atom. The number of rotatable bonds is 3. The van der Waals surface area contributed by atoms with Crippen LogP contribution in [0.1, 0.15) is 32.1 Å². The largest absolute Gasteiger partial charge is 0.316 e. The van der Waals surface area contributed by atoms with Crippen LogP contribution < -0.4 is 4.90 Å². The first kappa shape index (κ1) is 16.7. The van der Waals surface area contributed by atoms with Crippen LogP contribution in [0.5, 0.6) is 0 Å². The zero-order valence-electron chi connectivity index (χ0n) is 13.6. The third-order valence-electron chi connectivity index (χ3n) is 4.58. The standard InChI is InChI=1S/C17H23ClN4S/c1-20-16(14-7-9-15(18)10-8-14)19-22(17(20)23)13-21-11-5-3-2-4-6-12-21/h7-10H,2-6,11-13H2,1H3/p+1. The van der Waals surface area contributed by atoms with Crippen LogP contribution in [0.4, 0.5) is 0 Å². The number of nitrogens with zero attached hydrogens (tertiary/aromatic N) is 3. The Balaban J connectivity index is 1.81. The molecule has 4 nitrogen and oxygen atoms in total. The molecule has 0 amide bonds. The Labute approximate surface area is 147 Å². The molecule has 1 N–H and O–H groups in total. The van der Waals surface area contributed by atoms with Gasteiger partial charge in [0.25, 0.3) is 0 Å². The van der Waals surface area contributed by atoms with Gasteiger partial charge in [0.15, 0.2) is 12.5 Å². The van der Waals surface area contributed by atoms with Crippen LogP contribution in [-0.4, -0.2) is 27.4 Å². The summed E-state index contributed by atoms with van der Waals surface area (Å²) < 4.78 is 4.75. The highest BCUT2D eigenvalue weighted by Gasteiger charge is 2.16. The molecule has 0 unspecified atom stereocenters. The fraction of sp³-hybridized carbons (Fsp3) is 0.529. The molecule has 1 aromatic carbocycles. The quantitative estimate of drug-likeness (QED) is 0.860. The molecule has 0 aliphatic carbocycles. The smallest absolute Gasteiger partial charge is 0.202 e. The van der Waals surface area contributed by atoms with E-state index in [1.807, 2.05) is 40.6 Å². The second-order valence-corrected chi connectivity index (χ2v) is 7.15. The van der Waals surface area contributed by atoms with Crippen molar-refractivity contribution in [3.63, 3.8) is 0 Å². The summed E-state index contributed by atoms with van der Waals surface area (Å²) >= 11 is 11.6. The van der Waals surface area contributed by atoms with Crippen molar-refractivity contribution in [2.45, 2.75) is 38.8 Å². The molecule has 0 saturated carbocycles. The molecule has 0 radical (unpaired) electrons. The van der Waals surface area contributed by atoms with Gasteiger partial charge in [-0.25, -0.2) is 0 Å². The van der Waals surface area contributed by atoms with Crippen molar-refractivity contribution in [1.82, 2.24) is 14.3 Å². The number of halogens is 1. The maximum absolute atomic E-state index is 5.98. The SMILES string of the molecule is Cn1c(-c2ccc(Cl)cc2)nn(C[NH+]2CCCCCCC2)c1=S. The van der Waals surface area contributed by atoms with E-state index in [0.717, 1.165) is 27.9 Å². The molecule has 1 aliphatic rings. The van der Waals surface area contributed by atoms with Gasteiger partial charge in [-0.05, 0) is 62.2 Å². The molecule has 1 aliphatic heterocycles. The van der Waals surface area contributed by atoms with Gasteiger partial charge in [0, 0.05) is 17.6 Å². The number of hydrogen-bond acceptors (Lipinski definition) is 2. The van der Waals surface area contributed by atoms with Gasteiger partial charge in [-0.15, -0.1) is 5.10 Å². The molecule has 1 fully saturated rings. The van der Waals surface area contributed by atoms with Gasteiger partial charge in [-0.1, -0.05) is 18.0 Å². The lowest BCUT2D eigenvalue weighted by atomic mass is 10.1. The van der Waals surface area contributed by atoms with Crippen molar-refractivity contribution in [2.75, 3.05) is 13.1 Å². The second-order valence-electron chi connectivity index (χ2n) is 6.35. The molecule has 3 rings (SSSR count). The van der Waals surface area contributed by atoms with Crippen molar-refractivity contribution in [3.8, 4) is 11.4 Å². The maximum atomic E-state index is 5.98. The molecule has 6 heteroatoms. The predicted octanol–water partition coefficient (Wildman–Crippen LogP) is 3.08. The van der Waals surface area contributed by atoms with Crippen LogP contribution >= 0.6 is 23.8 Å². The first-order valence-electron chi connectivity index (χ1n) is 8.38. The van der Waals surface area contributed by atoms with Gasteiger partial charge in [0.05, 0.1) is 13.1 Å². The molecule has 0 atom stereocenters. The topological polar surface area (TPSA) is 27.2 Å². The zero-order chi connectivity index (χ0) is 16.2. The number of aromatic nitrogens is 3. The maximum Gasteiger partial charge on any atom is 0.202 e. The van der Waals surface area contributed by atoms with Gasteiger partial charge < -0.3 is 9.47 Å². The summed E-state index contributed by atoms with van der Waals surface area (Å²) in [5, 5.41) is 5.50. The van der Waals surface area contributed by atoms with E-state index in [2.05, 4.69) is 0 Å². The minimum atomic E-state index is 0.736. The lowest BCUT2D eigenvalue weighted by molar-refractivity contribution is -0.924. The highest BCUT2D eigenvalue weighted by atomic mass is 35.5. The van der Waals surface area contributed by atoms with E-state index in [-0.39, 0.29) is 0 Å². The van der Waals surface area contributed by atoms with Crippen LogP contribution in [0.3, 0.4) is 0 Å². The molecular formula is C17H24ClN4S+. The molecule has 0 bridgehead atoms. The van der Waals surface area contributed by atoms with Crippen molar-refractivity contribution >= 4 is 23.8 Å². The summed E-state index contributed by atoms with van der Waals surface area (Å²) in [6, 6.07) is 7.77. The van der Waals surface area contributed by atoms with E-state index in [1.165, 1.54) is 45.2 Å².